The summed E-state index contributed by atoms with van der Waals surface area (Å²) >= 11 is 0. The number of carbonyl (C=O) groups is 1. The van der Waals surface area contributed by atoms with E-state index < -0.39 is 0 Å². The van der Waals surface area contributed by atoms with E-state index in [2.05, 4.69) is 5.32 Å². The lowest BCUT2D eigenvalue weighted by Gasteiger charge is -2.18. The first-order valence-electron chi connectivity index (χ1n) is 8.12. The van der Waals surface area contributed by atoms with Crippen LogP contribution < -0.4 is 10.1 Å². The lowest BCUT2D eigenvalue weighted by atomic mass is 10.0. The molecular weight excluding hydrogens is 288 g/mol. The number of para-hydroxylation sites is 1. The molecule has 0 aliphatic carbocycles. The number of benzene rings is 2. The monoisotopic (exact) mass is 308 g/mol. The number of hydrogen-bond donors (Lipinski definition) is 1. The third-order valence-corrected chi connectivity index (χ3v) is 4.74. The molecule has 4 rings (SSSR count). The van der Waals surface area contributed by atoms with Crippen molar-refractivity contribution in [3.63, 3.8) is 0 Å². The molecule has 0 spiro atoms. The maximum atomic E-state index is 12.7. The maximum Gasteiger partial charge on any atom is 0.254 e. The van der Waals surface area contributed by atoms with Gasteiger partial charge in [0, 0.05) is 31.7 Å². The van der Waals surface area contributed by atoms with Crippen LogP contribution in [0.15, 0.2) is 54.6 Å². The zero-order chi connectivity index (χ0) is 15.6. The smallest absolute Gasteiger partial charge is 0.254 e. The number of nitrogens with one attached hydrogen (secondary N) is 1. The number of ether oxygens (including phenoxy) is 1. The molecule has 2 atom stereocenters. The van der Waals surface area contributed by atoms with Crippen molar-refractivity contribution in [1.82, 2.24) is 10.2 Å². The Morgan fingerprint density at radius 3 is 2.39 bits per heavy atom. The van der Waals surface area contributed by atoms with Crippen LogP contribution in [-0.4, -0.2) is 37.0 Å². The van der Waals surface area contributed by atoms with Gasteiger partial charge in [-0.15, -0.1) is 0 Å². The van der Waals surface area contributed by atoms with Gasteiger partial charge in [0.05, 0.1) is 0 Å². The van der Waals surface area contributed by atoms with Crippen LogP contribution >= 0.6 is 0 Å². The molecule has 118 valence electrons. The summed E-state index contributed by atoms with van der Waals surface area (Å²) in [5.41, 5.74) is 0.700. The highest BCUT2D eigenvalue weighted by molar-refractivity contribution is 5.94. The second-order valence-corrected chi connectivity index (χ2v) is 6.33. The standard InChI is InChI=1S/C19H20N2O2/c22-19(21-12-15-10-20-11-16(15)13-21)14-5-4-8-18(9-14)23-17-6-2-1-3-7-17/h1-9,15-16,20H,10-13H2/t15-,16+. The molecule has 2 fully saturated rings. The Morgan fingerprint density at radius 2 is 1.65 bits per heavy atom. The molecule has 0 unspecified atom stereocenters. The SMILES string of the molecule is O=C(c1cccc(Oc2ccccc2)c1)N1C[C@H]2CNC[C@H]2C1. The zero-order valence-corrected chi connectivity index (χ0v) is 12.9. The van der Waals surface area contributed by atoms with Crippen molar-refractivity contribution in [1.29, 1.82) is 0 Å². The lowest BCUT2D eigenvalue weighted by Crippen LogP contribution is -2.31. The molecule has 0 aromatic heterocycles. The highest BCUT2D eigenvalue weighted by atomic mass is 16.5. The lowest BCUT2D eigenvalue weighted by molar-refractivity contribution is 0.0781. The van der Waals surface area contributed by atoms with Gasteiger partial charge in [-0.3, -0.25) is 4.79 Å². The number of nitrogens with zero attached hydrogens (tertiary/aromatic N) is 1. The molecule has 2 saturated heterocycles. The van der Waals surface area contributed by atoms with E-state index in [9.17, 15) is 4.79 Å². The summed E-state index contributed by atoms with van der Waals surface area (Å²) in [5, 5.41) is 3.40. The number of fused-ring (bicyclic) bond motifs is 1. The molecule has 0 radical (unpaired) electrons. The van der Waals surface area contributed by atoms with Gasteiger partial charge in [-0.1, -0.05) is 24.3 Å². The Labute approximate surface area is 136 Å². The Kier molecular flexibility index (Phi) is 3.75. The summed E-state index contributed by atoms with van der Waals surface area (Å²) in [5.74, 6) is 2.81. The summed E-state index contributed by atoms with van der Waals surface area (Å²) in [7, 11) is 0. The highest BCUT2D eigenvalue weighted by Gasteiger charge is 2.38. The maximum absolute atomic E-state index is 12.7. The van der Waals surface area contributed by atoms with E-state index in [0.29, 0.717) is 23.1 Å². The topological polar surface area (TPSA) is 41.6 Å². The van der Waals surface area contributed by atoms with Gasteiger partial charge in [0.15, 0.2) is 0 Å². The second kappa shape index (κ2) is 6.05. The Hall–Kier alpha value is -2.33. The predicted octanol–water partition coefficient (Wildman–Crippen LogP) is 2.77. The van der Waals surface area contributed by atoms with Crippen molar-refractivity contribution in [3.8, 4) is 11.5 Å². The summed E-state index contributed by atoms with van der Waals surface area (Å²) < 4.78 is 5.83. The summed E-state index contributed by atoms with van der Waals surface area (Å²) in [6, 6.07) is 17.1. The van der Waals surface area contributed by atoms with Gasteiger partial charge in [-0.25, -0.2) is 0 Å². The van der Waals surface area contributed by atoms with E-state index in [4.69, 9.17) is 4.74 Å². The molecule has 0 bridgehead atoms. The molecule has 2 heterocycles. The molecule has 1 N–H and O–H groups in total. The van der Waals surface area contributed by atoms with Crippen LogP contribution in [0.3, 0.4) is 0 Å². The van der Waals surface area contributed by atoms with E-state index in [1.54, 1.807) is 0 Å². The van der Waals surface area contributed by atoms with Gasteiger partial charge in [0.2, 0.25) is 0 Å². The average molecular weight is 308 g/mol. The minimum atomic E-state index is 0.109. The predicted molar refractivity (Wildman–Crippen MR) is 88.7 cm³/mol. The van der Waals surface area contributed by atoms with Gasteiger partial charge >= 0.3 is 0 Å². The van der Waals surface area contributed by atoms with Crippen molar-refractivity contribution in [3.05, 3.63) is 60.2 Å². The van der Waals surface area contributed by atoms with Crippen LogP contribution in [-0.2, 0) is 0 Å². The fourth-order valence-electron chi connectivity index (χ4n) is 3.52. The number of amides is 1. The summed E-state index contributed by atoms with van der Waals surface area (Å²) in [4.78, 5) is 14.7. The van der Waals surface area contributed by atoms with Crippen molar-refractivity contribution in [2.75, 3.05) is 26.2 Å². The molecule has 2 aromatic rings. The third kappa shape index (κ3) is 2.94. The minimum Gasteiger partial charge on any atom is -0.457 e. The first-order chi connectivity index (χ1) is 11.3. The number of carbonyl (C=O) groups excluding carboxylic acids is 1. The van der Waals surface area contributed by atoms with Crippen molar-refractivity contribution >= 4 is 5.91 Å². The first-order valence-corrected chi connectivity index (χ1v) is 8.12. The second-order valence-electron chi connectivity index (χ2n) is 6.33. The fourth-order valence-corrected chi connectivity index (χ4v) is 3.52. The van der Waals surface area contributed by atoms with Crippen LogP contribution in [0.25, 0.3) is 0 Å². The summed E-state index contributed by atoms with van der Waals surface area (Å²) in [6.45, 7) is 3.79. The van der Waals surface area contributed by atoms with Gasteiger partial charge < -0.3 is 15.0 Å². The zero-order valence-electron chi connectivity index (χ0n) is 12.9. The minimum absolute atomic E-state index is 0.109. The van der Waals surface area contributed by atoms with Crippen LogP contribution in [0.2, 0.25) is 0 Å². The van der Waals surface area contributed by atoms with E-state index in [1.807, 2.05) is 59.5 Å². The number of rotatable bonds is 3. The Balaban J connectivity index is 1.49. The largest absolute Gasteiger partial charge is 0.457 e. The summed E-state index contributed by atoms with van der Waals surface area (Å²) in [6.07, 6.45) is 0. The van der Waals surface area contributed by atoms with Crippen molar-refractivity contribution < 1.29 is 9.53 Å². The van der Waals surface area contributed by atoms with E-state index >= 15 is 0 Å². The molecule has 0 saturated carbocycles. The molecule has 2 aromatic carbocycles. The third-order valence-electron chi connectivity index (χ3n) is 4.74. The molecule has 1 amide bonds. The van der Waals surface area contributed by atoms with E-state index in [-0.39, 0.29) is 5.91 Å². The van der Waals surface area contributed by atoms with Crippen LogP contribution in [0.4, 0.5) is 0 Å². The van der Waals surface area contributed by atoms with E-state index in [1.165, 1.54) is 0 Å². The quantitative estimate of drug-likeness (QED) is 0.948. The molecule has 2 aliphatic heterocycles. The molecular formula is C19H20N2O2. The molecule has 23 heavy (non-hydrogen) atoms. The fraction of sp³-hybridized carbons (Fsp3) is 0.316. The van der Waals surface area contributed by atoms with Gasteiger partial charge in [0.25, 0.3) is 5.91 Å². The highest BCUT2D eigenvalue weighted by Crippen LogP contribution is 2.28. The van der Waals surface area contributed by atoms with Crippen LogP contribution in [0.5, 0.6) is 11.5 Å². The molecule has 4 nitrogen and oxygen atoms in total. The average Bonchev–Trinajstić information content (AvgIpc) is 3.17. The van der Waals surface area contributed by atoms with Crippen molar-refractivity contribution in [2.24, 2.45) is 11.8 Å². The van der Waals surface area contributed by atoms with Gasteiger partial charge in [0.1, 0.15) is 11.5 Å². The van der Waals surface area contributed by atoms with Gasteiger partial charge in [-0.05, 0) is 42.2 Å². The number of likely N-dealkylation sites (tertiary alicyclic amines) is 1. The van der Waals surface area contributed by atoms with Crippen LogP contribution in [0.1, 0.15) is 10.4 Å². The van der Waals surface area contributed by atoms with E-state index in [0.717, 1.165) is 31.9 Å². The van der Waals surface area contributed by atoms with Crippen LogP contribution in [0, 0.1) is 11.8 Å². The normalized spacial score (nSPS) is 22.9. The van der Waals surface area contributed by atoms with Gasteiger partial charge in [-0.2, -0.15) is 0 Å². The molecule has 4 heteroatoms. The number of hydrogen-bond acceptors (Lipinski definition) is 3. The molecule has 2 aliphatic rings. The Morgan fingerprint density at radius 1 is 0.957 bits per heavy atom. The Bertz CT molecular complexity index is 690. The first kappa shape index (κ1) is 14.3. The van der Waals surface area contributed by atoms with Crippen molar-refractivity contribution in [2.45, 2.75) is 0 Å².